The number of nitrogens with one attached hydrogen (secondary N) is 2. The van der Waals surface area contributed by atoms with Gasteiger partial charge >= 0.3 is 24.1 Å². The number of alkyl carbamates (subject to hydrolysis) is 2. The fourth-order valence-electron chi connectivity index (χ4n) is 7.97. The molecule has 2 aliphatic carbocycles. The minimum atomic E-state index is -1.05. The number of carbonyl (C=O) groups is 5. The third-order valence-electron chi connectivity index (χ3n) is 11.8. The Balaban J connectivity index is 1.87. The van der Waals surface area contributed by atoms with E-state index >= 15 is 0 Å². The molecule has 0 heterocycles. The Hall–Kier alpha value is -5.79. The number of hydrogen-bond donors (Lipinski definition) is 6. The van der Waals surface area contributed by atoms with Gasteiger partial charge in [-0.25, -0.2) is 9.59 Å². The van der Waals surface area contributed by atoms with Crippen LogP contribution in [0.4, 0.5) is 9.59 Å². The molecule has 0 spiro atoms. The average molecular weight is 927 g/mol. The van der Waals surface area contributed by atoms with E-state index < -0.39 is 47.7 Å². The zero-order chi connectivity index (χ0) is 50.3. The van der Waals surface area contributed by atoms with Crippen LogP contribution in [0.1, 0.15) is 127 Å². The van der Waals surface area contributed by atoms with Crippen molar-refractivity contribution < 1.29 is 43.7 Å². The highest BCUT2D eigenvalue weighted by atomic mass is 16.6. The number of aliphatic carboxylic acids is 2. The number of amides is 2. The van der Waals surface area contributed by atoms with Crippen molar-refractivity contribution in [1.29, 1.82) is 0 Å². The van der Waals surface area contributed by atoms with Crippen molar-refractivity contribution in [3.05, 3.63) is 130 Å². The number of rotatable bonds is 24. The van der Waals surface area contributed by atoms with E-state index in [1.165, 1.54) is 11.1 Å². The smallest absolute Gasteiger partial charge is 0.407 e. The maximum absolute atomic E-state index is 13.2. The summed E-state index contributed by atoms with van der Waals surface area (Å²) in [5, 5.41) is 23.2. The third kappa shape index (κ3) is 21.6. The van der Waals surface area contributed by atoms with E-state index in [9.17, 15) is 24.0 Å². The monoisotopic (exact) mass is 927 g/mol. The Kier molecular flexibility index (Phi) is 24.3. The van der Waals surface area contributed by atoms with E-state index in [1.54, 1.807) is 6.92 Å². The van der Waals surface area contributed by atoms with Crippen molar-refractivity contribution in [3.63, 3.8) is 0 Å². The Bertz CT molecular complexity index is 2110. The van der Waals surface area contributed by atoms with Crippen LogP contribution in [0.2, 0.25) is 0 Å². The molecule has 0 saturated carbocycles. The molecular weight excluding hydrogens is 849 g/mol. The topological polar surface area (TPSA) is 220 Å². The van der Waals surface area contributed by atoms with E-state index in [-0.39, 0.29) is 17.3 Å². The van der Waals surface area contributed by atoms with Gasteiger partial charge in [-0.1, -0.05) is 141 Å². The molecule has 0 bridgehead atoms. The van der Waals surface area contributed by atoms with E-state index in [0.29, 0.717) is 76.5 Å². The van der Waals surface area contributed by atoms with Gasteiger partial charge in [0.05, 0.1) is 0 Å². The first-order chi connectivity index (χ1) is 31.4. The molecule has 0 aromatic heterocycles. The Labute approximate surface area is 399 Å². The van der Waals surface area contributed by atoms with Gasteiger partial charge in [0.25, 0.3) is 0 Å². The van der Waals surface area contributed by atoms with Crippen LogP contribution in [0.25, 0.3) is 0 Å². The van der Waals surface area contributed by atoms with E-state index in [0.717, 1.165) is 27.9 Å². The van der Waals surface area contributed by atoms with E-state index in [1.807, 2.05) is 82.4 Å². The highest BCUT2D eigenvalue weighted by Crippen LogP contribution is 2.43. The number of unbranched alkanes of at least 4 members (excludes halogenated alkanes) is 2. The van der Waals surface area contributed by atoms with Crippen LogP contribution in [-0.2, 0) is 23.9 Å². The summed E-state index contributed by atoms with van der Waals surface area (Å²) in [7, 11) is 0. The van der Waals surface area contributed by atoms with Gasteiger partial charge in [0.1, 0.15) is 18.2 Å². The molecule has 0 fully saturated rings. The predicted molar refractivity (Wildman–Crippen MR) is 268 cm³/mol. The van der Waals surface area contributed by atoms with Gasteiger partial charge < -0.3 is 41.8 Å². The lowest BCUT2D eigenvalue weighted by Crippen LogP contribution is -2.41. The minimum absolute atomic E-state index is 0.179. The molecule has 0 aromatic carbocycles. The van der Waals surface area contributed by atoms with Crippen LogP contribution in [0, 0.1) is 10.8 Å². The molecule has 2 amide bonds. The molecule has 4 unspecified atom stereocenters. The first-order valence-electron chi connectivity index (χ1n) is 23.3. The van der Waals surface area contributed by atoms with Gasteiger partial charge in [0.15, 0.2) is 11.9 Å². The Morgan fingerprint density at radius 1 is 0.642 bits per heavy atom. The first-order valence-corrected chi connectivity index (χ1v) is 23.3. The summed E-state index contributed by atoms with van der Waals surface area (Å²) in [5.41, 5.74) is 18.7. The summed E-state index contributed by atoms with van der Waals surface area (Å²) in [6, 6.07) is -1.81. The van der Waals surface area contributed by atoms with Crippen LogP contribution in [0.5, 0.6) is 0 Å². The van der Waals surface area contributed by atoms with Crippen molar-refractivity contribution in [2.24, 2.45) is 22.3 Å². The molecule has 4 atom stereocenters. The molecule has 368 valence electrons. The molecular formula is C54H78N4O9. The van der Waals surface area contributed by atoms with Crippen molar-refractivity contribution in [2.75, 3.05) is 13.1 Å². The van der Waals surface area contributed by atoms with Gasteiger partial charge in [0.2, 0.25) is 0 Å². The van der Waals surface area contributed by atoms with Crippen molar-refractivity contribution in [1.82, 2.24) is 10.6 Å². The number of Topliss-reactive ketones (excluding diaryl/α,β-unsaturated/α-hetero) is 1. The lowest BCUT2D eigenvalue weighted by molar-refractivity contribution is -0.139. The second-order valence-corrected chi connectivity index (χ2v) is 19.0. The third-order valence-corrected chi connectivity index (χ3v) is 11.8. The number of hydrogen-bond acceptors (Lipinski definition) is 9. The predicted octanol–water partition coefficient (Wildman–Crippen LogP) is 10.4. The summed E-state index contributed by atoms with van der Waals surface area (Å²) < 4.78 is 11.3. The maximum atomic E-state index is 13.2. The van der Waals surface area contributed by atoms with Crippen molar-refractivity contribution >= 4 is 29.9 Å². The van der Waals surface area contributed by atoms with Crippen molar-refractivity contribution in [2.45, 2.75) is 151 Å². The van der Waals surface area contributed by atoms with Crippen LogP contribution >= 0.6 is 0 Å². The highest BCUT2D eigenvalue weighted by Gasteiger charge is 2.40. The first kappa shape index (κ1) is 57.3. The second-order valence-electron chi connectivity index (χ2n) is 19.0. The normalized spacial score (nSPS) is 20.7. The maximum Gasteiger partial charge on any atom is 0.407 e. The highest BCUT2D eigenvalue weighted by molar-refractivity contribution is 6.01. The second kappa shape index (κ2) is 28.4. The van der Waals surface area contributed by atoms with E-state index in [2.05, 4.69) is 75.6 Å². The van der Waals surface area contributed by atoms with Crippen LogP contribution in [0.15, 0.2) is 130 Å². The van der Waals surface area contributed by atoms with E-state index in [4.69, 9.17) is 31.2 Å². The molecule has 13 heteroatoms. The number of carboxylic acids is 2. The number of carboxylic acid groups (broad SMARTS) is 2. The lowest BCUT2D eigenvalue weighted by Gasteiger charge is -2.37. The summed E-state index contributed by atoms with van der Waals surface area (Å²) >= 11 is 0. The summed E-state index contributed by atoms with van der Waals surface area (Å²) in [6.07, 6.45) is 31.1. The fourth-order valence-corrected chi connectivity index (χ4v) is 7.97. The van der Waals surface area contributed by atoms with Gasteiger partial charge in [-0.2, -0.15) is 0 Å². The summed E-state index contributed by atoms with van der Waals surface area (Å²) in [4.78, 5) is 59.8. The molecule has 67 heavy (non-hydrogen) atoms. The molecule has 2 rings (SSSR count). The number of carbonyl (C=O) groups excluding carboxylic acids is 3. The molecule has 0 aromatic rings. The summed E-state index contributed by atoms with van der Waals surface area (Å²) in [6.45, 7) is 21.1. The van der Waals surface area contributed by atoms with Gasteiger partial charge in [-0.3, -0.25) is 14.4 Å². The van der Waals surface area contributed by atoms with Crippen LogP contribution in [-0.4, -0.2) is 77.5 Å². The zero-order valence-corrected chi connectivity index (χ0v) is 41.6. The largest absolute Gasteiger partial charge is 0.480 e. The zero-order valence-electron chi connectivity index (χ0n) is 41.6. The molecule has 13 nitrogen and oxygen atoms in total. The standard InChI is InChI=1S/C54H78N4O9/c1-36(21-17-23-38(3)27-29-43-40(5)33-42(34-53(43,7)8)66-51(64)57-31-15-13-25-45(55)49(60)61)19-11-12-20-37(2)22-18-24-39(4)28-30-44-41(6)48(59)47(35-54(44,9)10)67-52(65)58-32-16-14-26-46(56)50(62)63/h11-12,17-24,27-30,42,45-47H,13-16,25-26,31-35,55-56H2,1-10H3,(H,57,64)(H,58,65)(H,60,61)(H,62,63)/b12-11+,21-17+,22-18+,29-27+,30-28+,36-19+,37-20+,38-23+,39-24+. The summed E-state index contributed by atoms with van der Waals surface area (Å²) in [5.74, 6) is -2.29. The minimum Gasteiger partial charge on any atom is -0.480 e. The quantitative estimate of drug-likeness (QED) is 0.0395. The lowest BCUT2D eigenvalue weighted by atomic mass is 9.71. The van der Waals surface area contributed by atoms with Gasteiger partial charge in [-0.15, -0.1) is 0 Å². The average Bonchev–Trinajstić information content (AvgIpc) is 3.22. The van der Waals surface area contributed by atoms with Crippen LogP contribution in [0.3, 0.4) is 0 Å². The SMILES string of the molecule is CC1=C(/C=C/C(C)=C/C=C/C(C)=C/C=C/C=C(C)/C=C/C=C(C)/C=C/C2=C(C)C(=O)C(OC(=O)NCCCCC(N)C(=O)O)CC2(C)C)C(C)(C)CC(OC(=O)NCCCCC(N)C(=O)O)C1. The van der Waals surface area contributed by atoms with Crippen LogP contribution < -0.4 is 22.1 Å². The van der Waals surface area contributed by atoms with Gasteiger partial charge in [0, 0.05) is 25.9 Å². The molecule has 0 saturated heterocycles. The molecule has 0 radical (unpaired) electrons. The fraction of sp³-hybridized carbons (Fsp3) is 0.500. The molecule has 0 aliphatic heterocycles. The van der Waals surface area contributed by atoms with Crippen molar-refractivity contribution in [3.8, 4) is 0 Å². The van der Waals surface area contributed by atoms with Gasteiger partial charge in [-0.05, 0) is 114 Å². The number of allylic oxidation sites excluding steroid dienone is 20. The Morgan fingerprint density at radius 3 is 1.52 bits per heavy atom. The Morgan fingerprint density at radius 2 is 1.06 bits per heavy atom. The number of ketones is 1. The number of ether oxygens (including phenoxy) is 2. The molecule has 8 N–H and O–H groups in total. The number of nitrogens with two attached hydrogens (primary N) is 2. The molecule has 2 aliphatic rings.